The molecule has 1 aromatic heterocycles. The molecule has 0 amide bonds. The molecule has 2 fully saturated rings. The lowest BCUT2D eigenvalue weighted by molar-refractivity contribution is -0.0455. The van der Waals surface area contributed by atoms with Gasteiger partial charge in [0.25, 0.3) is 0 Å². The minimum atomic E-state index is -0.322. The van der Waals surface area contributed by atoms with Crippen LogP contribution in [0, 0.1) is 5.82 Å². The summed E-state index contributed by atoms with van der Waals surface area (Å²) < 4.78 is 32.1. The number of pyridine rings is 1. The summed E-state index contributed by atoms with van der Waals surface area (Å²) in [5.41, 5.74) is 2.08. The van der Waals surface area contributed by atoms with Gasteiger partial charge in [0, 0.05) is 49.6 Å². The van der Waals surface area contributed by atoms with Gasteiger partial charge in [0.15, 0.2) is 11.6 Å². The first-order valence-electron chi connectivity index (χ1n) is 11.6. The lowest BCUT2D eigenvalue weighted by atomic mass is 9.88. The third kappa shape index (κ3) is 5.34. The molecule has 33 heavy (non-hydrogen) atoms. The second-order valence-corrected chi connectivity index (χ2v) is 8.90. The van der Waals surface area contributed by atoms with Crippen LogP contribution in [0.3, 0.4) is 0 Å². The average Bonchev–Trinajstić information content (AvgIpc) is 3.24. The van der Waals surface area contributed by atoms with E-state index in [1.165, 1.54) is 11.6 Å². The summed E-state index contributed by atoms with van der Waals surface area (Å²) in [4.78, 5) is 6.60. The van der Waals surface area contributed by atoms with E-state index in [9.17, 15) is 4.39 Å². The van der Waals surface area contributed by atoms with Gasteiger partial charge in [-0.05, 0) is 37.1 Å². The first-order valence-corrected chi connectivity index (χ1v) is 11.6. The maximum absolute atomic E-state index is 13.9. The van der Waals surface area contributed by atoms with Gasteiger partial charge in [-0.25, -0.2) is 4.39 Å². The molecule has 0 aliphatic carbocycles. The first kappa shape index (κ1) is 21.9. The zero-order valence-corrected chi connectivity index (χ0v) is 18.7. The van der Waals surface area contributed by atoms with Gasteiger partial charge in [0.05, 0.1) is 12.2 Å². The number of likely N-dealkylation sites (tertiary alicyclic amines) is 1. The van der Waals surface area contributed by atoms with Crippen LogP contribution in [0.5, 0.6) is 11.5 Å². The molecule has 0 radical (unpaired) electrons. The Hall–Kier alpha value is -2.96. The third-order valence-electron chi connectivity index (χ3n) is 6.56. The molecule has 1 spiro atoms. The zero-order chi connectivity index (χ0) is 22.5. The Labute approximate surface area is 194 Å². The van der Waals surface area contributed by atoms with Crippen LogP contribution in [0.1, 0.15) is 30.4 Å². The standard InChI is InChI=1S/C27H29FN2O3/c28-24-8-2-4-10-26(24)33-23-16-27(32-20-23)11-14-30(15-12-27)18-22-7-1-3-9-25(22)31-19-21-6-5-13-29-17-21/h1-10,13,17,23H,11-12,14-16,18-20H2/t23-/m0/s1. The van der Waals surface area contributed by atoms with Gasteiger partial charge < -0.3 is 14.2 Å². The van der Waals surface area contributed by atoms with Gasteiger partial charge in [-0.1, -0.05) is 36.4 Å². The topological polar surface area (TPSA) is 43.8 Å². The number of halogens is 1. The molecule has 0 bridgehead atoms. The summed E-state index contributed by atoms with van der Waals surface area (Å²) in [5.74, 6) is 0.901. The molecule has 3 heterocycles. The Bertz CT molecular complexity index is 1050. The zero-order valence-electron chi connectivity index (χ0n) is 18.7. The van der Waals surface area contributed by atoms with Gasteiger partial charge in [-0.3, -0.25) is 9.88 Å². The third-order valence-corrected chi connectivity index (χ3v) is 6.56. The van der Waals surface area contributed by atoms with Crippen LogP contribution in [0.4, 0.5) is 4.39 Å². The second-order valence-electron chi connectivity index (χ2n) is 8.90. The van der Waals surface area contributed by atoms with E-state index in [0.29, 0.717) is 19.0 Å². The maximum atomic E-state index is 13.9. The van der Waals surface area contributed by atoms with Crippen molar-refractivity contribution < 1.29 is 18.6 Å². The van der Waals surface area contributed by atoms with Crippen molar-refractivity contribution in [3.63, 3.8) is 0 Å². The Morgan fingerprint density at radius 3 is 2.58 bits per heavy atom. The predicted molar refractivity (Wildman–Crippen MR) is 124 cm³/mol. The second kappa shape index (κ2) is 9.89. The molecule has 3 aromatic rings. The first-order chi connectivity index (χ1) is 16.2. The van der Waals surface area contributed by atoms with Gasteiger partial charge >= 0.3 is 0 Å². The van der Waals surface area contributed by atoms with E-state index in [-0.39, 0.29) is 17.5 Å². The summed E-state index contributed by atoms with van der Waals surface area (Å²) in [6.45, 7) is 3.76. The summed E-state index contributed by atoms with van der Waals surface area (Å²) in [5, 5.41) is 0. The molecule has 6 heteroatoms. The Morgan fingerprint density at radius 2 is 1.79 bits per heavy atom. The molecule has 5 rings (SSSR count). The van der Waals surface area contributed by atoms with Crippen LogP contribution >= 0.6 is 0 Å². The number of benzene rings is 2. The fourth-order valence-electron chi connectivity index (χ4n) is 4.73. The quantitative estimate of drug-likeness (QED) is 0.509. The number of para-hydroxylation sites is 2. The molecule has 0 saturated carbocycles. The minimum Gasteiger partial charge on any atom is -0.489 e. The predicted octanol–water partition coefficient (Wildman–Crippen LogP) is 5.00. The van der Waals surface area contributed by atoms with Crippen molar-refractivity contribution in [1.82, 2.24) is 9.88 Å². The fraction of sp³-hybridized carbons (Fsp3) is 0.370. The highest BCUT2D eigenvalue weighted by Gasteiger charge is 2.43. The van der Waals surface area contributed by atoms with Crippen molar-refractivity contribution in [1.29, 1.82) is 0 Å². The van der Waals surface area contributed by atoms with Crippen LogP contribution in [-0.4, -0.2) is 41.3 Å². The highest BCUT2D eigenvalue weighted by molar-refractivity contribution is 5.33. The Kier molecular flexibility index (Phi) is 6.55. The summed E-state index contributed by atoms with van der Waals surface area (Å²) in [6, 6.07) is 18.7. The molecular formula is C27H29FN2O3. The molecule has 0 unspecified atom stereocenters. The van der Waals surface area contributed by atoms with Crippen LogP contribution < -0.4 is 9.47 Å². The van der Waals surface area contributed by atoms with Crippen LogP contribution in [0.15, 0.2) is 73.1 Å². The van der Waals surface area contributed by atoms with E-state index < -0.39 is 0 Å². The minimum absolute atomic E-state index is 0.102. The number of piperidine rings is 1. The smallest absolute Gasteiger partial charge is 0.165 e. The van der Waals surface area contributed by atoms with Crippen molar-refractivity contribution in [2.45, 2.75) is 44.1 Å². The largest absolute Gasteiger partial charge is 0.489 e. The van der Waals surface area contributed by atoms with Gasteiger partial charge in [0.1, 0.15) is 18.5 Å². The number of aromatic nitrogens is 1. The van der Waals surface area contributed by atoms with Crippen molar-refractivity contribution >= 4 is 0 Å². The van der Waals surface area contributed by atoms with Gasteiger partial charge in [-0.2, -0.15) is 0 Å². The molecule has 2 aliphatic rings. The Balaban J connectivity index is 1.14. The van der Waals surface area contributed by atoms with E-state index in [0.717, 1.165) is 50.2 Å². The number of nitrogens with zero attached hydrogens (tertiary/aromatic N) is 2. The number of rotatable bonds is 7. The summed E-state index contributed by atoms with van der Waals surface area (Å²) in [6.07, 6.45) is 6.20. The molecule has 2 saturated heterocycles. The molecular weight excluding hydrogens is 419 g/mol. The van der Waals surface area contributed by atoms with Crippen LogP contribution in [0.25, 0.3) is 0 Å². The molecule has 2 aromatic carbocycles. The normalized spacial score (nSPS) is 20.1. The van der Waals surface area contributed by atoms with Crippen LogP contribution in [0.2, 0.25) is 0 Å². The van der Waals surface area contributed by atoms with Gasteiger partial charge in [-0.15, -0.1) is 0 Å². The van der Waals surface area contributed by atoms with Crippen molar-refractivity contribution in [2.24, 2.45) is 0 Å². The van der Waals surface area contributed by atoms with E-state index in [1.807, 2.05) is 30.5 Å². The highest BCUT2D eigenvalue weighted by Crippen LogP contribution is 2.38. The van der Waals surface area contributed by atoms with Crippen molar-refractivity contribution in [2.75, 3.05) is 19.7 Å². The molecule has 1 atom stereocenters. The summed E-state index contributed by atoms with van der Waals surface area (Å²) in [7, 11) is 0. The van der Waals surface area contributed by atoms with E-state index >= 15 is 0 Å². The SMILES string of the molecule is Fc1ccccc1O[C@@H]1COC2(CCN(Cc3ccccc3OCc3cccnc3)CC2)C1. The number of ether oxygens (including phenoxy) is 3. The van der Waals surface area contributed by atoms with Crippen molar-refractivity contribution in [3.05, 3.63) is 90.0 Å². The highest BCUT2D eigenvalue weighted by atomic mass is 19.1. The fourth-order valence-corrected chi connectivity index (χ4v) is 4.73. The van der Waals surface area contributed by atoms with Crippen molar-refractivity contribution in [3.8, 4) is 11.5 Å². The number of hydrogen-bond donors (Lipinski definition) is 0. The van der Waals surface area contributed by atoms with Gasteiger partial charge in [0.2, 0.25) is 0 Å². The molecule has 2 aliphatic heterocycles. The maximum Gasteiger partial charge on any atom is 0.165 e. The van der Waals surface area contributed by atoms with E-state index in [1.54, 1.807) is 24.4 Å². The van der Waals surface area contributed by atoms with Crippen LogP contribution in [-0.2, 0) is 17.9 Å². The Morgan fingerprint density at radius 1 is 1.00 bits per heavy atom. The summed E-state index contributed by atoms with van der Waals surface area (Å²) >= 11 is 0. The monoisotopic (exact) mass is 448 g/mol. The molecule has 0 N–H and O–H groups in total. The lowest BCUT2D eigenvalue weighted by Crippen LogP contribution is -2.44. The average molecular weight is 449 g/mol. The van der Waals surface area contributed by atoms with E-state index in [2.05, 4.69) is 22.0 Å². The lowest BCUT2D eigenvalue weighted by Gasteiger charge is -2.38. The number of hydrogen-bond acceptors (Lipinski definition) is 5. The molecule has 172 valence electrons. The van der Waals surface area contributed by atoms with E-state index in [4.69, 9.17) is 14.2 Å². The molecule has 5 nitrogen and oxygen atoms in total.